The lowest BCUT2D eigenvalue weighted by Gasteiger charge is -2.33. The maximum atomic E-state index is 11.7. The maximum Gasteiger partial charge on any atom is 0.407 e. The Morgan fingerprint density at radius 3 is 1.74 bits per heavy atom. The molecule has 2 aliphatic rings. The van der Waals surface area contributed by atoms with Crippen LogP contribution in [0.2, 0.25) is 0 Å². The highest BCUT2D eigenvalue weighted by Crippen LogP contribution is 2.26. The van der Waals surface area contributed by atoms with Gasteiger partial charge in [-0.2, -0.15) is 0 Å². The third-order valence-electron chi connectivity index (χ3n) is 7.69. The number of aromatic nitrogens is 8. The summed E-state index contributed by atoms with van der Waals surface area (Å²) in [5.74, 6) is 2.53. The number of hydrogen-bond acceptors (Lipinski definition) is 11. The van der Waals surface area contributed by atoms with E-state index in [2.05, 4.69) is 55.0 Å². The minimum absolute atomic E-state index is 0.247. The topological polar surface area (TPSA) is 220 Å². The summed E-state index contributed by atoms with van der Waals surface area (Å²) in [5, 5.41) is 2.84. The van der Waals surface area contributed by atoms with E-state index >= 15 is 0 Å². The van der Waals surface area contributed by atoms with Crippen molar-refractivity contribution in [2.24, 2.45) is 17.6 Å². The number of imidazole rings is 2. The number of rotatable bonds is 5. The first-order valence-corrected chi connectivity index (χ1v) is 14.6. The van der Waals surface area contributed by atoms with E-state index in [0.29, 0.717) is 40.7 Å². The number of carbonyl (C=O) groups is 1. The lowest BCUT2D eigenvalue weighted by molar-refractivity contribution is 0.0516. The monoisotopic (exact) mass is 596 g/mol. The number of nitrogens with one attached hydrogen (secondary N) is 5. The van der Waals surface area contributed by atoms with Gasteiger partial charge in [0.2, 0.25) is 0 Å². The van der Waals surface area contributed by atoms with Crippen LogP contribution >= 0.6 is 0 Å². The number of H-pyrrole nitrogens is 4. The Balaban J connectivity index is 0.000000180. The Bertz CT molecular complexity index is 1640. The average Bonchev–Trinajstić information content (AvgIpc) is 3.56. The highest BCUT2D eigenvalue weighted by molar-refractivity contribution is 5.83. The molecular formula is C27H40N12O4. The standard InChI is InChI=1S/C16H24N6O3.C11H16N6O/c1-16(2,3)25-15(24)17-8-10-4-6-22(7-5-10)13-11-12(18-9-19-13)21-14(23)20-11;12-5-7-1-3-17(4-2-7)10-8-9(13-6-14-10)16-11(18)15-8/h9-10H,4-8H2,1-3H3,(H,17,24)(H2,18,19,20,21,23);6-7H,1-5,12H2,(H2,13,14,15,16,18). The molecule has 0 aliphatic carbocycles. The van der Waals surface area contributed by atoms with Crippen molar-refractivity contribution in [2.45, 2.75) is 52.1 Å². The molecule has 0 bridgehead atoms. The third-order valence-corrected chi connectivity index (χ3v) is 7.69. The van der Waals surface area contributed by atoms with Crippen molar-refractivity contribution < 1.29 is 9.53 Å². The number of piperidine rings is 2. The molecule has 2 fully saturated rings. The zero-order valence-corrected chi connectivity index (χ0v) is 24.8. The molecule has 16 heteroatoms. The number of anilines is 2. The van der Waals surface area contributed by atoms with Crippen molar-refractivity contribution in [1.29, 1.82) is 0 Å². The summed E-state index contributed by atoms with van der Waals surface area (Å²) < 4.78 is 5.26. The predicted molar refractivity (Wildman–Crippen MR) is 162 cm³/mol. The molecule has 0 saturated carbocycles. The molecule has 2 aliphatic heterocycles. The van der Waals surface area contributed by atoms with Gasteiger partial charge in [-0.1, -0.05) is 0 Å². The minimum atomic E-state index is -0.487. The van der Waals surface area contributed by atoms with E-state index in [-0.39, 0.29) is 17.5 Å². The van der Waals surface area contributed by atoms with E-state index in [4.69, 9.17) is 10.5 Å². The molecule has 4 aromatic heterocycles. The Hall–Kier alpha value is -4.47. The van der Waals surface area contributed by atoms with E-state index in [1.165, 1.54) is 12.7 Å². The largest absolute Gasteiger partial charge is 0.444 e. The Morgan fingerprint density at radius 2 is 1.30 bits per heavy atom. The van der Waals surface area contributed by atoms with Gasteiger partial charge in [-0.15, -0.1) is 0 Å². The summed E-state index contributed by atoms with van der Waals surface area (Å²) in [5.41, 5.74) is 7.07. The highest BCUT2D eigenvalue weighted by atomic mass is 16.6. The van der Waals surface area contributed by atoms with E-state index in [9.17, 15) is 14.4 Å². The minimum Gasteiger partial charge on any atom is -0.444 e. The smallest absolute Gasteiger partial charge is 0.407 e. The fourth-order valence-electron chi connectivity index (χ4n) is 5.43. The first-order chi connectivity index (χ1) is 20.6. The van der Waals surface area contributed by atoms with Crippen LogP contribution in [0.25, 0.3) is 22.3 Å². The van der Waals surface area contributed by atoms with Crippen LogP contribution in [0.3, 0.4) is 0 Å². The number of fused-ring (bicyclic) bond motifs is 2. The Morgan fingerprint density at radius 1 is 0.837 bits per heavy atom. The lowest BCUT2D eigenvalue weighted by atomic mass is 9.97. The predicted octanol–water partition coefficient (Wildman–Crippen LogP) is 1.21. The molecule has 4 aromatic rings. The number of carbonyl (C=O) groups excluding carboxylic acids is 1. The van der Waals surface area contributed by atoms with Gasteiger partial charge in [0.05, 0.1) is 0 Å². The maximum absolute atomic E-state index is 11.7. The van der Waals surface area contributed by atoms with Gasteiger partial charge in [-0.05, 0) is 64.8 Å². The molecule has 16 nitrogen and oxygen atoms in total. The van der Waals surface area contributed by atoms with E-state index in [1.54, 1.807) is 0 Å². The number of hydrogen-bond donors (Lipinski definition) is 6. The van der Waals surface area contributed by atoms with Crippen LogP contribution in [-0.2, 0) is 4.74 Å². The number of nitrogens with zero attached hydrogens (tertiary/aromatic N) is 6. The quantitative estimate of drug-likeness (QED) is 0.192. The second-order valence-corrected chi connectivity index (χ2v) is 12.0. The number of amides is 1. The third kappa shape index (κ3) is 7.49. The zero-order valence-electron chi connectivity index (χ0n) is 24.8. The van der Waals surface area contributed by atoms with Gasteiger partial charge in [-0.25, -0.2) is 34.3 Å². The number of alkyl carbamates (subject to hydrolysis) is 1. The molecule has 0 radical (unpaired) electrons. The van der Waals surface area contributed by atoms with Crippen LogP contribution in [0.5, 0.6) is 0 Å². The number of ether oxygens (including phenoxy) is 1. The summed E-state index contributed by atoms with van der Waals surface area (Å²) in [6, 6.07) is 0. The van der Waals surface area contributed by atoms with Crippen molar-refractivity contribution in [3.63, 3.8) is 0 Å². The van der Waals surface area contributed by atoms with Crippen molar-refractivity contribution in [3.8, 4) is 0 Å². The van der Waals surface area contributed by atoms with E-state index in [1.807, 2.05) is 20.8 Å². The molecule has 0 atom stereocenters. The molecule has 7 N–H and O–H groups in total. The lowest BCUT2D eigenvalue weighted by Crippen LogP contribution is -2.40. The molecule has 6 rings (SSSR count). The SMILES string of the molecule is CC(C)(C)OC(=O)NCC1CCN(c2ncnc3[nH]c(=O)[nH]c23)CC1.NCC1CCN(c2ncnc3[nH]c(=O)[nH]c23)CC1. The van der Waals surface area contributed by atoms with Gasteiger partial charge in [-0.3, -0.25) is 9.97 Å². The molecule has 232 valence electrons. The Labute approximate surface area is 247 Å². The fraction of sp³-hybridized carbons (Fsp3) is 0.593. The van der Waals surface area contributed by atoms with Gasteiger partial charge in [0.25, 0.3) is 0 Å². The van der Waals surface area contributed by atoms with Crippen LogP contribution < -0.4 is 32.2 Å². The molecule has 1 amide bonds. The Kier molecular flexibility index (Phi) is 8.94. The molecule has 0 aromatic carbocycles. The summed E-state index contributed by atoms with van der Waals surface area (Å²) in [6.45, 7) is 10.3. The molecule has 0 unspecified atom stereocenters. The van der Waals surface area contributed by atoms with Crippen LogP contribution in [0, 0.1) is 11.8 Å². The van der Waals surface area contributed by atoms with Crippen molar-refractivity contribution in [1.82, 2.24) is 45.2 Å². The zero-order chi connectivity index (χ0) is 30.6. The average molecular weight is 597 g/mol. The summed E-state index contributed by atoms with van der Waals surface area (Å²) in [6.07, 6.45) is 6.55. The van der Waals surface area contributed by atoms with Gasteiger partial charge in [0.15, 0.2) is 22.9 Å². The van der Waals surface area contributed by atoms with Crippen LogP contribution in [-0.4, -0.2) is 90.8 Å². The van der Waals surface area contributed by atoms with Crippen LogP contribution in [0.1, 0.15) is 46.5 Å². The van der Waals surface area contributed by atoms with Crippen molar-refractivity contribution >= 4 is 40.1 Å². The normalized spacial score (nSPS) is 16.7. The highest BCUT2D eigenvalue weighted by Gasteiger charge is 2.24. The summed E-state index contributed by atoms with van der Waals surface area (Å²) in [7, 11) is 0. The number of nitrogens with two attached hydrogens (primary N) is 1. The summed E-state index contributed by atoms with van der Waals surface area (Å²) >= 11 is 0. The second-order valence-electron chi connectivity index (χ2n) is 12.0. The molecule has 2 saturated heterocycles. The van der Waals surface area contributed by atoms with Crippen molar-refractivity contribution in [2.75, 3.05) is 49.1 Å². The summed E-state index contributed by atoms with van der Waals surface area (Å²) in [4.78, 5) is 66.3. The van der Waals surface area contributed by atoms with Crippen LogP contribution in [0.4, 0.5) is 16.4 Å². The van der Waals surface area contributed by atoms with E-state index < -0.39 is 5.60 Å². The van der Waals surface area contributed by atoms with Gasteiger partial charge < -0.3 is 35.6 Å². The van der Waals surface area contributed by atoms with Crippen LogP contribution in [0.15, 0.2) is 22.2 Å². The van der Waals surface area contributed by atoms with Crippen molar-refractivity contribution in [3.05, 3.63) is 33.6 Å². The van der Waals surface area contributed by atoms with Gasteiger partial charge >= 0.3 is 17.5 Å². The number of aromatic amines is 4. The van der Waals surface area contributed by atoms with E-state index in [0.717, 1.165) is 70.0 Å². The van der Waals surface area contributed by atoms with Gasteiger partial charge in [0.1, 0.15) is 29.3 Å². The first kappa shape index (κ1) is 30.0. The second kappa shape index (κ2) is 12.8. The fourth-order valence-corrected chi connectivity index (χ4v) is 5.43. The first-order valence-electron chi connectivity index (χ1n) is 14.6. The van der Waals surface area contributed by atoms with Gasteiger partial charge in [0, 0.05) is 32.7 Å². The molecular weight excluding hydrogens is 556 g/mol. The molecule has 0 spiro atoms. The molecule has 43 heavy (non-hydrogen) atoms. The molecule has 6 heterocycles.